The molecule has 0 aliphatic carbocycles. The Kier molecular flexibility index (Phi) is 20.4. The van der Waals surface area contributed by atoms with Crippen molar-refractivity contribution in [3.63, 3.8) is 0 Å². The van der Waals surface area contributed by atoms with E-state index < -0.39 is 4.92 Å². The number of unbranched alkanes of at least 4 members (excludes halogenated alkanes) is 3. The summed E-state index contributed by atoms with van der Waals surface area (Å²) in [5, 5.41) is 10.6. The molecule has 1 aromatic rings. The van der Waals surface area contributed by atoms with E-state index in [-0.39, 0.29) is 5.69 Å². The lowest BCUT2D eigenvalue weighted by Crippen LogP contribution is -2.14. The van der Waals surface area contributed by atoms with Crippen molar-refractivity contribution in [1.82, 2.24) is 0 Å². The fourth-order valence-electron chi connectivity index (χ4n) is 2.72. The van der Waals surface area contributed by atoms with Gasteiger partial charge in [-0.25, -0.2) is 0 Å². The summed E-state index contributed by atoms with van der Waals surface area (Å²) in [5.41, 5.74) is 0.0344. The van der Waals surface area contributed by atoms with Crippen LogP contribution in [0.15, 0.2) is 24.3 Å². The van der Waals surface area contributed by atoms with Crippen LogP contribution in [-0.2, 0) is 28.4 Å². The van der Waals surface area contributed by atoms with Gasteiger partial charge in [0.25, 0.3) is 5.69 Å². The van der Waals surface area contributed by atoms with Crippen LogP contribution in [0.4, 0.5) is 5.69 Å². The zero-order chi connectivity index (χ0) is 24.5. The monoisotopic (exact) mass is 487 g/mol. The SMILES string of the molecule is CCCCCCOCCOCCOCCOCCOCCOCCOc1ccc([N+](=O)[O-])cc1. The smallest absolute Gasteiger partial charge is 0.269 e. The summed E-state index contributed by atoms with van der Waals surface area (Å²) in [4.78, 5) is 10.1. The van der Waals surface area contributed by atoms with Gasteiger partial charge in [0.2, 0.25) is 0 Å². The largest absolute Gasteiger partial charge is 0.491 e. The number of hydrogen-bond donors (Lipinski definition) is 0. The average molecular weight is 488 g/mol. The lowest BCUT2D eigenvalue weighted by molar-refractivity contribution is -0.384. The van der Waals surface area contributed by atoms with Crippen LogP contribution >= 0.6 is 0 Å². The minimum atomic E-state index is -0.447. The molecule has 0 atom stereocenters. The molecule has 10 heteroatoms. The van der Waals surface area contributed by atoms with Crippen molar-refractivity contribution in [1.29, 1.82) is 0 Å². The molecule has 0 bridgehead atoms. The molecule has 0 spiro atoms. The fraction of sp³-hybridized carbons (Fsp3) is 0.750. The summed E-state index contributed by atoms with van der Waals surface area (Å²) in [6, 6.07) is 5.93. The number of non-ortho nitro benzene ring substituents is 1. The second kappa shape index (κ2) is 22.9. The fourth-order valence-corrected chi connectivity index (χ4v) is 2.72. The maximum absolute atomic E-state index is 10.6. The molecule has 1 rings (SSSR count). The molecule has 10 nitrogen and oxygen atoms in total. The van der Waals surface area contributed by atoms with E-state index in [4.69, 9.17) is 33.2 Å². The first-order chi connectivity index (χ1) is 16.7. The summed E-state index contributed by atoms with van der Waals surface area (Å²) >= 11 is 0. The van der Waals surface area contributed by atoms with Gasteiger partial charge < -0.3 is 33.2 Å². The first kappa shape index (κ1) is 30.2. The molecule has 0 N–H and O–H groups in total. The van der Waals surface area contributed by atoms with Crippen LogP contribution in [0.25, 0.3) is 0 Å². The molecule has 0 radical (unpaired) electrons. The molecule has 0 saturated carbocycles. The molecular formula is C24H41NO9. The van der Waals surface area contributed by atoms with E-state index in [1.54, 1.807) is 12.1 Å². The predicted molar refractivity (Wildman–Crippen MR) is 128 cm³/mol. The highest BCUT2D eigenvalue weighted by molar-refractivity contribution is 5.35. The maximum atomic E-state index is 10.6. The van der Waals surface area contributed by atoms with Gasteiger partial charge in [-0.05, 0) is 18.6 Å². The van der Waals surface area contributed by atoms with Crippen LogP contribution in [0.2, 0.25) is 0 Å². The highest BCUT2D eigenvalue weighted by Crippen LogP contribution is 2.17. The number of rotatable bonds is 25. The maximum Gasteiger partial charge on any atom is 0.269 e. The average Bonchev–Trinajstić information content (AvgIpc) is 2.84. The quantitative estimate of drug-likeness (QED) is 0.116. The third-order valence-corrected chi connectivity index (χ3v) is 4.55. The third-order valence-electron chi connectivity index (χ3n) is 4.55. The Morgan fingerprint density at radius 3 is 1.41 bits per heavy atom. The number of benzene rings is 1. The van der Waals surface area contributed by atoms with Gasteiger partial charge in [0.1, 0.15) is 12.4 Å². The summed E-state index contributed by atoms with van der Waals surface area (Å²) < 4.78 is 38.1. The van der Waals surface area contributed by atoms with E-state index in [1.165, 1.54) is 31.4 Å². The Bertz CT molecular complexity index is 586. The molecule has 1 aromatic carbocycles. The van der Waals surface area contributed by atoms with Crippen LogP contribution in [-0.4, -0.2) is 90.8 Å². The van der Waals surface area contributed by atoms with Crippen molar-refractivity contribution < 1.29 is 38.1 Å². The van der Waals surface area contributed by atoms with Gasteiger partial charge in [0.15, 0.2) is 0 Å². The van der Waals surface area contributed by atoms with Crippen LogP contribution in [0.3, 0.4) is 0 Å². The van der Waals surface area contributed by atoms with Gasteiger partial charge in [-0.2, -0.15) is 0 Å². The number of nitro groups is 1. The summed E-state index contributed by atoms with van der Waals surface area (Å²) in [5.74, 6) is 0.567. The first-order valence-electron chi connectivity index (χ1n) is 12.1. The summed E-state index contributed by atoms with van der Waals surface area (Å²) in [6.07, 6.45) is 4.87. The van der Waals surface area contributed by atoms with E-state index in [0.29, 0.717) is 85.0 Å². The third kappa shape index (κ3) is 18.6. The van der Waals surface area contributed by atoms with Gasteiger partial charge in [0.05, 0.1) is 77.6 Å². The minimum absolute atomic E-state index is 0.0344. The van der Waals surface area contributed by atoms with Crippen LogP contribution in [0, 0.1) is 10.1 Å². The van der Waals surface area contributed by atoms with E-state index >= 15 is 0 Å². The highest BCUT2D eigenvalue weighted by Gasteiger charge is 2.04. The van der Waals surface area contributed by atoms with E-state index in [2.05, 4.69) is 6.92 Å². The van der Waals surface area contributed by atoms with Gasteiger partial charge in [-0.3, -0.25) is 10.1 Å². The van der Waals surface area contributed by atoms with Crippen molar-refractivity contribution in [2.45, 2.75) is 32.6 Å². The molecule has 0 amide bonds. The number of ether oxygens (including phenoxy) is 7. The van der Waals surface area contributed by atoms with Crippen molar-refractivity contribution in [2.24, 2.45) is 0 Å². The second-order valence-electron chi connectivity index (χ2n) is 7.33. The lowest BCUT2D eigenvalue weighted by Gasteiger charge is -2.09. The van der Waals surface area contributed by atoms with Crippen molar-refractivity contribution in [3.8, 4) is 5.75 Å². The van der Waals surface area contributed by atoms with Crippen molar-refractivity contribution in [2.75, 3.05) is 85.9 Å². The summed E-state index contributed by atoms with van der Waals surface area (Å²) in [7, 11) is 0. The molecule has 0 saturated heterocycles. The summed E-state index contributed by atoms with van der Waals surface area (Å²) in [6.45, 7) is 9.07. The number of nitro benzene ring substituents is 1. The van der Waals surface area contributed by atoms with Crippen molar-refractivity contribution in [3.05, 3.63) is 34.4 Å². The minimum Gasteiger partial charge on any atom is -0.491 e. The standard InChI is InChI=1S/C24H41NO9/c1-2-3-4-5-10-28-11-12-29-13-14-30-15-16-31-17-18-32-19-20-33-21-22-34-24-8-6-23(7-9-24)25(26)27/h6-9H,2-5,10-22H2,1H3. The lowest BCUT2D eigenvalue weighted by atomic mass is 10.2. The first-order valence-corrected chi connectivity index (χ1v) is 12.1. The molecule has 0 unspecified atom stereocenters. The van der Waals surface area contributed by atoms with Gasteiger partial charge in [-0.1, -0.05) is 26.2 Å². The molecule has 34 heavy (non-hydrogen) atoms. The Hall–Kier alpha value is -1.82. The van der Waals surface area contributed by atoms with Crippen LogP contribution < -0.4 is 4.74 Å². The van der Waals surface area contributed by atoms with Gasteiger partial charge in [-0.15, -0.1) is 0 Å². The van der Waals surface area contributed by atoms with E-state index in [1.807, 2.05) is 0 Å². The second-order valence-corrected chi connectivity index (χ2v) is 7.33. The van der Waals surface area contributed by atoms with Crippen molar-refractivity contribution >= 4 is 5.69 Å². The zero-order valence-electron chi connectivity index (χ0n) is 20.5. The molecule has 0 heterocycles. The molecule has 0 aliphatic rings. The molecule has 0 aromatic heterocycles. The van der Waals surface area contributed by atoms with E-state index in [0.717, 1.165) is 13.0 Å². The normalized spacial score (nSPS) is 11.1. The Morgan fingerprint density at radius 1 is 0.588 bits per heavy atom. The van der Waals surface area contributed by atoms with Gasteiger partial charge in [0, 0.05) is 18.7 Å². The zero-order valence-corrected chi connectivity index (χ0v) is 20.5. The number of nitrogens with zero attached hydrogens (tertiary/aromatic N) is 1. The molecule has 0 aliphatic heterocycles. The van der Waals surface area contributed by atoms with Gasteiger partial charge >= 0.3 is 0 Å². The number of hydrogen-bond acceptors (Lipinski definition) is 9. The molecular weight excluding hydrogens is 446 g/mol. The molecule has 196 valence electrons. The Labute approximate surface area is 202 Å². The topological polar surface area (TPSA) is 108 Å². The molecule has 0 fully saturated rings. The highest BCUT2D eigenvalue weighted by atomic mass is 16.6. The Morgan fingerprint density at radius 2 is 1.00 bits per heavy atom. The predicted octanol–water partition coefficient (Wildman–Crippen LogP) is 3.65. The van der Waals surface area contributed by atoms with Crippen LogP contribution in [0.1, 0.15) is 32.6 Å². The van der Waals surface area contributed by atoms with E-state index in [9.17, 15) is 10.1 Å². The van der Waals surface area contributed by atoms with Crippen LogP contribution in [0.5, 0.6) is 5.75 Å². The Balaban J connectivity index is 1.71.